The standard InChI is InChI=1S/C12H14F4N2OS/c13-10(14)12(15,16)11(19)18-5-3-17(4-6-18)8-9-2-1-7-20-9/h1-2,7,10H,3-6,8H2. The number of piperazine rings is 1. The lowest BCUT2D eigenvalue weighted by Gasteiger charge is -2.35. The molecule has 0 aliphatic carbocycles. The minimum absolute atomic E-state index is 0.0481. The topological polar surface area (TPSA) is 23.6 Å². The van der Waals surface area contributed by atoms with Gasteiger partial charge in [-0.2, -0.15) is 8.78 Å². The predicted molar refractivity (Wildman–Crippen MR) is 67.1 cm³/mol. The molecule has 2 heterocycles. The highest BCUT2D eigenvalue weighted by Crippen LogP contribution is 2.26. The maximum absolute atomic E-state index is 13.0. The Kier molecular flexibility index (Phi) is 4.64. The van der Waals surface area contributed by atoms with E-state index in [2.05, 4.69) is 0 Å². The summed E-state index contributed by atoms with van der Waals surface area (Å²) < 4.78 is 50.2. The van der Waals surface area contributed by atoms with E-state index in [1.54, 1.807) is 11.3 Å². The van der Waals surface area contributed by atoms with Crippen LogP contribution in [0, 0.1) is 0 Å². The van der Waals surface area contributed by atoms with Crippen LogP contribution in [0.15, 0.2) is 17.5 Å². The predicted octanol–water partition coefficient (Wildman–Crippen LogP) is 2.29. The van der Waals surface area contributed by atoms with Crippen LogP contribution in [0.25, 0.3) is 0 Å². The van der Waals surface area contributed by atoms with Crippen LogP contribution in [0.3, 0.4) is 0 Å². The normalized spacial score (nSPS) is 17.8. The van der Waals surface area contributed by atoms with Crippen molar-refractivity contribution in [3.8, 4) is 0 Å². The first-order chi connectivity index (χ1) is 9.41. The van der Waals surface area contributed by atoms with Gasteiger partial charge in [0.2, 0.25) is 0 Å². The Hall–Kier alpha value is -1.15. The summed E-state index contributed by atoms with van der Waals surface area (Å²) in [6.07, 6.45) is -3.96. The summed E-state index contributed by atoms with van der Waals surface area (Å²) in [5.74, 6) is -6.36. The first kappa shape index (κ1) is 15.2. The second-order valence-corrected chi connectivity index (χ2v) is 5.60. The molecule has 3 nitrogen and oxygen atoms in total. The fraction of sp³-hybridized carbons (Fsp3) is 0.583. The molecule has 112 valence electrons. The Morgan fingerprint density at radius 2 is 1.95 bits per heavy atom. The molecule has 0 bridgehead atoms. The Balaban J connectivity index is 1.86. The van der Waals surface area contributed by atoms with Gasteiger partial charge < -0.3 is 4.90 Å². The van der Waals surface area contributed by atoms with Crippen molar-refractivity contribution in [3.05, 3.63) is 22.4 Å². The number of amides is 1. The van der Waals surface area contributed by atoms with Gasteiger partial charge in [0.15, 0.2) is 0 Å². The maximum atomic E-state index is 13.0. The highest BCUT2D eigenvalue weighted by molar-refractivity contribution is 7.09. The number of nitrogens with zero attached hydrogens (tertiary/aromatic N) is 2. The van der Waals surface area contributed by atoms with Crippen molar-refractivity contribution in [2.24, 2.45) is 0 Å². The van der Waals surface area contributed by atoms with Crippen LogP contribution < -0.4 is 0 Å². The van der Waals surface area contributed by atoms with Gasteiger partial charge >= 0.3 is 12.3 Å². The SMILES string of the molecule is O=C(N1CCN(Cc2cccs2)CC1)C(F)(F)C(F)F. The molecular formula is C12H14F4N2OS. The van der Waals surface area contributed by atoms with Gasteiger partial charge in [0.1, 0.15) is 0 Å². The van der Waals surface area contributed by atoms with E-state index >= 15 is 0 Å². The number of hydrogen-bond donors (Lipinski definition) is 0. The van der Waals surface area contributed by atoms with Crippen LogP contribution in [0.4, 0.5) is 17.6 Å². The van der Waals surface area contributed by atoms with Crippen molar-refractivity contribution in [2.75, 3.05) is 26.2 Å². The van der Waals surface area contributed by atoms with E-state index in [9.17, 15) is 22.4 Å². The van der Waals surface area contributed by atoms with Gasteiger partial charge in [-0.1, -0.05) is 6.07 Å². The monoisotopic (exact) mass is 310 g/mol. The zero-order valence-corrected chi connectivity index (χ0v) is 11.4. The van der Waals surface area contributed by atoms with Crippen molar-refractivity contribution in [1.29, 1.82) is 0 Å². The van der Waals surface area contributed by atoms with Gasteiger partial charge in [0, 0.05) is 37.6 Å². The quantitative estimate of drug-likeness (QED) is 0.797. The fourth-order valence-electron chi connectivity index (χ4n) is 2.04. The molecule has 0 saturated carbocycles. The van der Waals surface area contributed by atoms with E-state index in [0.29, 0.717) is 19.6 Å². The summed E-state index contributed by atoms with van der Waals surface area (Å²) in [6, 6.07) is 3.89. The Morgan fingerprint density at radius 1 is 1.30 bits per heavy atom. The van der Waals surface area contributed by atoms with Crippen LogP contribution in [0.1, 0.15) is 4.88 Å². The first-order valence-electron chi connectivity index (χ1n) is 6.11. The van der Waals surface area contributed by atoms with Crippen LogP contribution in [0.2, 0.25) is 0 Å². The summed E-state index contributed by atoms with van der Waals surface area (Å²) in [5, 5.41) is 1.94. The lowest BCUT2D eigenvalue weighted by Crippen LogP contribution is -2.54. The molecule has 2 rings (SSSR count). The van der Waals surface area contributed by atoms with Crippen LogP contribution in [0.5, 0.6) is 0 Å². The van der Waals surface area contributed by atoms with Gasteiger partial charge in [-0.3, -0.25) is 9.69 Å². The lowest BCUT2D eigenvalue weighted by molar-refractivity contribution is -0.182. The van der Waals surface area contributed by atoms with E-state index in [-0.39, 0.29) is 13.1 Å². The molecule has 0 N–H and O–H groups in total. The molecule has 8 heteroatoms. The van der Waals surface area contributed by atoms with Gasteiger partial charge in [-0.25, -0.2) is 8.78 Å². The molecule has 0 radical (unpaired) electrons. The Labute approximate surface area is 117 Å². The average Bonchev–Trinajstić information content (AvgIpc) is 2.91. The molecule has 0 aromatic carbocycles. The maximum Gasteiger partial charge on any atom is 0.383 e. The molecule has 0 spiro atoms. The molecule has 20 heavy (non-hydrogen) atoms. The van der Waals surface area contributed by atoms with E-state index in [1.807, 2.05) is 22.4 Å². The molecule has 1 aliphatic rings. The number of alkyl halides is 4. The van der Waals surface area contributed by atoms with Gasteiger partial charge in [0.05, 0.1) is 0 Å². The number of hydrogen-bond acceptors (Lipinski definition) is 3. The minimum Gasteiger partial charge on any atom is -0.335 e. The summed E-state index contributed by atoms with van der Waals surface area (Å²) in [6.45, 7) is 1.59. The number of rotatable bonds is 4. The molecule has 1 amide bonds. The second-order valence-electron chi connectivity index (χ2n) is 4.57. The second kappa shape index (κ2) is 6.09. The van der Waals surface area contributed by atoms with E-state index in [0.717, 1.165) is 9.78 Å². The molecule has 1 saturated heterocycles. The Morgan fingerprint density at radius 3 is 2.45 bits per heavy atom. The highest BCUT2D eigenvalue weighted by atomic mass is 32.1. The van der Waals surface area contributed by atoms with E-state index in [4.69, 9.17) is 0 Å². The molecule has 1 aromatic heterocycles. The van der Waals surface area contributed by atoms with E-state index < -0.39 is 18.3 Å². The molecule has 0 unspecified atom stereocenters. The minimum atomic E-state index is -4.59. The summed E-state index contributed by atoms with van der Waals surface area (Å²) in [4.78, 5) is 15.3. The van der Waals surface area contributed by atoms with Gasteiger partial charge in [0.25, 0.3) is 5.91 Å². The van der Waals surface area contributed by atoms with Crippen molar-refractivity contribution in [2.45, 2.75) is 18.9 Å². The highest BCUT2D eigenvalue weighted by Gasteiger charge is 2.51. The fourth-order valence-corrected chi connectivity index (χ4v) is 2.78. The van der Waals surface area contributed by atoms with Gasteiger partial charge in [-0.15, -0.1) is 11.3 Å². The van der Waals surface area contributed by atoms with Crippen molar-refractivity contribution in [3.63, 3.8) is 0 Å². The molecule has 0 atom stereocenters. The van der Waals surface area contributed by atoms with Crippen LogP contribution in [-0.4, -0.2) is 54.2 Å². The van der Waals surface area contributed by atoms with E-state index in [1.165, 1.54) is 0 Å². The number of carbonyl (C=O) groups is 1. The summed E-state index contributed by atoms with van der Waals surface area (Å²) >= 11 is 1.59. The molecular weight excluding hydrogens is 296 g/mol. The van der Waals surface area contributed by atoms with Crippen molar-refractivity contribution >= 4 is 17.2 Å². The van der Waals surface area contributed by atoms with Gasteiger partial charge in [-0.05, 0) is 11.4 Å². The largest absolute Gasteiger partial charge is 0.383 e. The molecule has 1 fully saturated rings. The number of thiophene rings is 1. The number of halogens is 4. The van der Waals surface area contributed by atoms with Crippen molar-refractivity contribution in [1.82, 2.24) is 9.80 Å². The summed E-state index contributed by atoms with van der Waals surface area (Å²) in [7, 11) is 0. The Bertz CT molecular complexity index is 444. The third-order valence-corrected chi connectivity index (χ3v) is 4.04. The third kappa shape index (κ3) is 3.29. The molecule has 1 aromatic rings. The van der Waals surface area contributed by atoms with Crippen LogP contribution in [-0.2, 0) is 11.3 Å². The molecule has 1 aliphatic heterocycles. The smallest absolute Gasteiger partial charge is 0.335 e. The lowest BCUT2D eigenvalue weighted by atomic mass is 10.2. The number of carbonyl (C=O) groups excluding carboxylic acids is 1. The summed E-state index contributed by atoms with van der Waals surface area (Å²) in [5.41, 5.74) is 0. The average molecular weight is 310 g/mol. The third-order valence-electron chi connectivity index (χ3n) is 3.18. The zero-order chi connectivity index (χ0) is 14.8. The zero-order valence-electron chi connectivity index (χ0n) is 10.6. The van der Waals surface area contributed by atoms with Crippen molar-refractivity contribution < 1.29 is 22.4 Å². The first-order valence-corrected chi connectivity index (χ1v) is 6.99. The van der Waals surface area contributed by atoms with Crippen LogP contribution >= 0.6 is 11.3 Å².